The van der Waals surface area contributed by atoms with E-state index < -0.39 is 0 Å². The Kier molecular flexibility index (Phi) is 3.95. The van der Waals surface area contributed by atoms with Crippen LogP contribution < -0.4 is 0 Å². The summed E-state index contributed by atoms with van der Waals surface area (Å²) in [6.07, 6.45) is 6.72. The molecule has 2 fully saturated rings. The first-order chi connectivity index (χ1) is 14.1. The molecule has 5 atom stereocenters. The zero-order valence-electron chi connectivity index (χ0n) is 17.4. The van der Waals surface area contributed by atoms with Crippen molar-refractivity contribution in [2.45, 2.75) is 51.4 Å². The van der Waals surface area contributed by atoms with Crippen LogP contribution in [-0.4, -0.2) is 0 Å². The molecule has 0 N–H and O–H groups in total. The minimum Gasteiger partial charge on any atom is -0.0840 e. The fourth-order valence-corrected chi connectivity index (χ4v) is 8.01. The molecule has 3 aromatic rings. The van der Waals surface area contributed by atoms with Crippen LogP contribution in [0.1, 0.15) is 57.1 Å². The highest BCUT2D eigenvalue weighted by atomic mass is 35.5. The predicted molar refractivity (Wildman–Crippen MR) is 124 cm³/mol. The SMILES string of the molecule is CCC1CC2CC(C)CC(C2)C12c1cc3ccccc3cc1-c1cccc(Cl)c12. The summed E-state index contributed by atoms with van der Waals surface area (Å²) in [7, 11) is 0. The molecule has 1 spiro atoms. The highest BCUT2D eigenvalue weighted by Crippen LogP contribution is 2.66. The highest BCUT2D eigenvalue weighted by molar-refractivity contribution is 6.32. The normalized spacial score (nSPS) is 32.4. The number of halogens is 1. The van der Waals surface area contributed by atoms with Gasteiger partial charge < -0.3 is 0 Å². The molecule has 0 saturated heterocycles. The van der Waals surface area contributed by atoms with Crippen LogP contribution in [0.3, 0.4) is 0 Å². The Morgan fingerprint density at radius 3 is 2.48 bits per heavy atom. The monoisotopic (exact) mass is 400 g/mol. The molecule has 0 heterocycles. The van der Waals surface area contributed by atoms with Gasteiger partial charge in [-0.1, -0.05) is 68.3 Å². The van der Waals surface area contributed by atoms with E-state index in [1.54, 1.807) is 5.56 Å². The molecule has 3 aromatic carbocycles. The van der Waals surface area contributed by atoms with Crippen molar-refractivity contribution in [3.63, 3.8) is 0 Å². The minimum atomic E-state index is 0.0902. The number of fused-ring (bicyclic) bond motifs is 9. The molecule has 3 aliphatic rings. The maximum atomic E-state index is 7.05. The van der Waals surface area contributed by atoms with Crippen molar-refractivity contribution in [3.8, 4) is 11.1 Å². The van der Waals surface area contributed by atoms with Crippen LogP contribution in [0.4, 0.5) is 0 Å². The predicted octanol–water partition coefficient (Wildman–Crippen LogP) is 8.24. The van der Waals surface area contributed by atoms with E-state index in [2.05, 4.69) is 68.4 Å². The van der Waals surface area contributed by atoms with E-state index in [0.29, 0.717) is 11.8 Å². The summed E-state index contributed by atoms with van der Waals surface area (Å²) in [5, 5.41) is 3.70. The van der Waals surface area contributed by atoms with Crippen molar-refractivity contribution in [1.82, 2.24) is 0 Å². The Labute approximate surface area is 179 Å². The van der Waals surface area contributed by atoms with Crippen LogP contribution in [0.15, 0.2) is 54.6 Å². The van der Waals surface area contributed by atoms with Crippen molar-refractivity contribution in [1.29, 1.82) is 0 Å². The second-order valence-electron chi connectivity index (χ2n) is 9.99. The van der Waals surface area contributed by atoms with E-state index in [1.807, 2.05) is 0 Å². The first-order valence-corrected chi connectivity index (χ1v) is 11.8. The zero-order chi connectivity index (χ0) is 19.8. The molecule has 0 radical (unpaired) electrons. The van der Waals surface area contributed by atoms with Gasteiger partial charge in [-0.3, -0.25) is 0 Å². The number of benzene rings is 3. The Bertz CT molecular complexity index is 1110. The molecule has 148 valence electrons. The first kappa shape index (κ1) is 18.0. The summed E-state index contributed by atoms with van der Waals surface area (Å²) in [5.74, 6) is 3.11. The van der Waals surface area contributed by atoms with Gasteiger partial charge in [0.15, 0.2) is 0 Å². The third kappa shape index (κ3) is 2.33. The lowest BCUT2D eigenvalue weighted by Crippen LogP contribution is -2.50. The van der Waals surface area contributed by atoms with Crippen molar-refractivity contribution >= 4 is 22.4 Å². The van der Waals surface area contributed by atoms with E-state index in [1.165, 1.54) is 59.6 Å². The Balaban J connectivity index is 1.72. The van der Waals surface area contributed by atoms with Crippen molar-refractivity contribution in [2.24, 2.45) is 23.7 Å². The van der Waals surface area contributed by atoms with Gasteiger partial charge in [0.05, 0.1) is 0 Å². The van der Waals surface area contributed by atoms with E-state index in [4.69, 9.17) is 11.6 Å². The molecule has 0 amide bonds. The molecule has 3 aliphatic carbocycles. The second kappa shape index (κ2) is 6.35. The Morgan fingerprint density at radius 2 is 1.69 bits per heavy atom. The van der Waals surface area contributed by atoms with Crippen LogP contribution in [0, 0.1) is 23.7 Å². The highest BCUT2D eigenvalue weighted by Gasteiger charge is 2.58. The molecule has 0 aromatic heterocycles. The molecule has 2 saturated carbocycles. The molecule has 5 unspecified atom stereocenters. The quantitative estimate of drug-likeness (QED) is 0.385. The fourth-order valence-electron chi connectivity index (χ4n) is 7.68. The van der Waals surface area contributed by atoms with Crippen LogP contribution in [0.25, 0.3) is 21.9 Å². The average Bonchev–Trinajstić information content (AvgIpc) is 3.01. The number of hydrogen-bond acceptors (Lipinski definition) is 0. The lowest BCUT2D eigenvalue weighted by atomic mass is 9.48. The summed E-state index contributed by atoms with van der Waals surface area (Å²) in [5.41, 5.74) is 5.96. The van der Waals surface area contributed by atoms with E-state index in [0.717, 1.165) is 16.9 Å². The maximum Gasteiger partial charge on any atom is 0.0453 e. The minimum absolute atomic E-state index is 0.0902. The van der Waals surface area contributed by atoms with Gasteiger partial charge in [-0.15, -0.1) is 0 Å². The van der Waals surface area contributed by atoms with Crippen LogP contribution in [0.5, 0.6) is 0 Å². The molecule has 29 heavy (non-hydrogen) atoms. The maximum absolute atomic E-state index is 7.05. The van der Waals surface area contributed by atoms with Crippen LogP contribution in [-0.2, 0) is 5.41 Å². The van der Waals surface area contributed by atoms with E-state index in [9.17, 15) is 0 Å². The van der Waals surface area contributed by atoms with Gasteiger partial charge in [0.1, 0.15) is 0 Å². The van der Waals surface area contributed by atoms with Crippen molar-refractivity contribution in [2.75, 3.05) is 0 Å². The smallest absolute Gasteiger partial charge is 0.0453 e. The van der Waals surface area contributed by atoms with Gasteiger partial charge in [0.25, 0.3) is 0 Å². The van der Waals surface area contributed by atoms with E-state index >= 15 is 0 Å². The van der Waals surface area contributed by atoms with Gasteiger partial charge in [0.2, 0.25) is 0 Å². The second-order valence-corrected chi connectivity index (χ2v) is 10.4. The van der Waals surface area contributed by atoms with Gasteiger partial charge in [-0.2, -0.15) is 0 Å². The van der Waals surface area contributed by atoms with Gasteiger partial charge >= 0.3 is 0 Å². The summed E-state index contributed by atoms with van der Waals surface area (Å²) < 4.78 is 0. The lowest BCUT2D eigenvalue weighted by molar-refractivity contribution is 0.0331. The molecule has 0 nitrogen and oxygen atoms in total. The van der Waals surface area contributed by atoms with Crippen LogP contribution >= 0.6 is 11.6 Å². The molecule has 0 aliphatic heterocycles. The third-order valence-corrected chi connectivity index (χ3v) is 8.80. The number of rotatable bonds is 1. The van der Waals surface area contributed by atoms with Gasteiger partial charge in [-0.25, -0.2) is 0 Å². The van der Waals surface area contributed by atoms with E-state index in [-0.39, 0.29) is 5.41 Å². The lowest BCUT2D eigenvalue weighted by Gasteiger charge is -2.55. The zero-order valence-corrected chi connectivity index (χ0v) is 18.2. The molecule has 1 heteroatoms. The average molecular weight is 401 g/mol. The topological polar surface area (TPSA) is 0 Å². The van der Waals surface area contributed by atoms with Crippen molar-refractivity contribution in [3.05, 3.63) is 70.7 Å². The summed E-state index contributed by atoms with van der Waals surface area (Å²) >= 11 is 7.05. The summed E-state index contributed by atoms with van der Waals surface area (Å²) in [6.45, 7) is 4.88. The molecule has 6 rings (SSSR count). The Hall–Kier alpha value is -1.79. The summed E-state index contributed by atoms with van der Waals surface area (Å²) in [4.78, 5) is 0. The van der Waals surface area contributed by atoms with Crippen LogP contribution in [0.2, 0.25) is 5.02 Å². The first-order valence-electron chi connectivity index (χ1n) is 11.5. The molecule has 2 bridgehead atoms. The standard InChI is InChI=1S/C28H29Cl/c1-3-21-13-18-11-17(2)12-22(14-18)28(21)25-16-20-8-5-4-7-19(20)15-24(25)23-9-6-10-26(29)27(23)28/h4-10,15-18,21-22H,3,11-14H2,1-2H3. The number of hydrogen-bond donors (Lipinski definition) is 0. The fraction of sp³-hybridized carbons (Fsp3) is 0.429. The van der Waals surface area contributed by atoms with Crippen molar-refractivity contribution < 1.29 is 0 Å². The van der Waals surface area contributed by atoms with Gasteiger partial charge in [0, 0.05) is 10.4 Å². The third-order valence-electron chi connectivity index (χ3n) is 8.49. The molecular formula is C28H29Cl. The summed E-state index contributed by atoms with van der Waals surface area (Å²) in [6, 6.07) is 20.5. The Morgan fingerprint density at radius 1 is 0.897 bits per heavy atom. The largest absolute Gasteiger partial charge is 0.0840 e. The van der Waals surface area contributed by atoms with Gasteiger partial charge in [-0.05, 0) is 101 Å². The molecular weight excluding hydrogens is 372 g/mol.